The quantitative estimate of drug-likeness (QED) is 0.857. The smallest absolute Gasteiger partial charge is 0.255 e. The van der Waals surface area contributed by atoms with Gasteiger partial charge in [0.15, 0.2) is 0 Å². The monoisotopic (exact) mass is 265 g/mol. The maximum Gasteiger partial charge on any atom is 0.255 e. The molecule has 0 saturated heterocycles. The summed E-state index contributed by atoms with van der Waals surface area (Å²) in [4.78, 5) is 17.8. The number of amides is 1. The average Bonchev–Trinajstić information content (AvgIpc) is 2.49. The largest absolute Gasteiger partial charge is 0.337 e. The molecular formula is C16H15N3O. The summed E-state index contributed by atoms with van der Waals surface area (Å²) in [6.45, 7) is 2.57. The molecule has 0 N–H and O–H groups in total. The highest BCUT2D eigenvalue weighted by atomic mass is 16.2. The molecule has 0 bridgehead atoms. The van der Waals surface area contributed by atoms with E-state index >= 15 is 0 Å². The second kappa shape index (κ2) is 5.98. The van der Waals surface area contributed by atoms with Gasteiger partial charge in [0.2, 0.25) is 0 Å². The van der Waals surface area contributed by atoms with Crippen LogP contribution in [-0.4, -0.2) is 22.8 Å². The highest BCUT2D eigenvalue weighted by Crippen LogP contribution is 2.09. The van der Waals surface area contributed by atoms with Gasteiger partial charge in [-0.25, -0.2) is 4.98 Å². The second-order valence-electron chi connectivity index (χ2n) is 4.69. The minimum Gasteiger partial charge on any atom is -0.337 e. The first-order valence-corrected chi connectivity index (χ1v) is 6.27. The van der Waals surface area contributed by atoms with Gasteiger partial charge in [-0.2, -0.15) is 5.26 Å². The van der Waals surface area contributed by atoms with Crippen LogP contribution in [0.25, 0.3) is 0 Å². The van der Waals surface area contributed by atoms with Crippen LogP contribution in [0, 0.1) is 18.3 Å². The number of pyridine rings is 1. The minimum atomic E-state index is -0.109. The lowest BCUT2D eigenvalue weighted by Gasteiger charge is -2.17. The predicted octanol–water partition coefficient (Wildman–Crippen LogP) is 2.53. The van der Waals surface area contributed by atoms with Gasteiger partial charge in [-0.1, -0.05) is 29.8 Å². The van der Waals surface area contributed by atoms with Crippen LogP contribution in [0.1, 0.15) is 27.2 Å². The van der Waals surface area contributed by atoms with Crippen molar-refractivity contribution < 1.29 is 4.79 Å². The number of carbonyl (C=O) groups excluding carboxylic acids is 1. The maximum atomic E-state index is 12.2. The Balaban J connectivity index is 2.08. The van der Waals surface area contributed by atoms with Crippen molar-refractivity contribution in [1.29, 1.82) is 5.26 Å². The topological polar surface area (TPSA) is 57.0 Å². The Morgan fingerprint density at radius 1 is 1.25 bits per heavy atom. The number of aromatic nitrogens is 1. The first-order valence-electron chi connectivity index (χ1n) is 6.27. The van der Waals surface area contributed by atoms with Gasteiger partial charge in [0.25, 0.3) is 5.91 Å². The molecule has 0 atom stereocenters. The third-order valence-electron chi connectivity index (χ3n) is 3.01. The normalized spacial score (nSPS) is 9.85. The molecule has 1 heterocycles. The molecule has 20 heavy (non-hydrogen) atoms. The van der Waals surface area contributed by atoms with Crippen LogP contribution in [-0.2, 0) is 6.54 Å². The van der Waals surface area contributed by atoms with E-state index in [-0.39, 0.29) is 5.91 Å². The van der Waals surface area contributed by atoms with Gasteiger partial charge < -0.3 is 4.90 Å². The van der Waals surface area contributed by atoms with Gasteiger partial charge in [0.05, 0.1) is 5.56 Å². The Morgan fingerprint density at radius 3 is 2.50 bits per heavy atom. The molecule has 0 spiro atoms. The van der Waals surface area contributed by atoms with Crippen LogP contribution >= 0.6 is 0 Å². The Morgan fingerprint density at radius 2 is 1.95 bits per heavy atom. The molecule has 2 aromatic rings. The van der Waals surface area contributed by atoms with Gasteiger partial charge in [0, 0.05) is 19.8 Å². The fourth-order valence-electron chi connectivity index (χ4n) is 1.85. The standard InChI is InChI=1S/C16H15N3O/c1-12-3-5-13(6-4-12)11-19(2)16(20)14-7-8-15(9-17)18-10-14/h3-8,10H,11H2,1-2H3. The summed E-state index contributed by atoms with van der Waals surface area (Å²) < 4.78 is 0. The van der Waals surface area contributed by atoms with E-state index in [1.807, 2.05) is 37.3 Å². The summed E-state index contributed by atoms with van der Waals surface area (Å²) >= 11 is 0. The van der Waals surface area contributed by atoms with Crippen LogP contribution in [0.15, 0.2) is 42.6 Å². The summed E-state index contributed by atoms with van der Waals surface area (Å²) in [5.74, 6) is -0.109. The Kier molecular flexibility index (Phi) is 4.11. The molecule has 100 valence electrons. The van der Waals surface area contributed by atoms with Crippen molar-refractivity contribution in [2.45, 2.75) is 13.5 Å². The minimum absolute atomic E-state index is 0.109. The molecule has 0 aliphatic rings. The maximum absolute atomic E-state index is 12.2. The lowest BCUT2D eigenvalue weighted by molar-refractivity contribution is 0.0784. The van der Waals surface area contributed by atoms with Crippen molar-refractivity contribution >= 4 is 5.91 Å². The van der Waals surface area contributed by atoms with Crippen molar-refractivity contribution in [2.75, 3.05) is 7.05 Å². The molecule has 0 aliphatic carbocycles. The van der Waals surface area contributed by atoms with Gasteiger partial charge in [-0.3, -0.25) is 4.79 Å². The number of benzene rings is 1. The summed E-state index contributed by atoms with van der Waals surface area (Å²) in [6.07, 6.45) is 1.44. The molecule has 1 aromatic carbocycles. The summed E-state index contributed by atoms with van der Waals surface area (Å²) in [6, 6.07) is 13.2. The Hall–Kier alpha value is -2.67. The number of nitrogens with zero attached hydrogens (tertiary/aromatic N) is 3. The van der Waals surface area contributed by atoms with E-state index in [0.717, 1.165) is 5.56 Å². The van der Waals surface area contributed by atoms with Gasteiger partial charge in [0.1, 0.15) is 11.8 Å². The van der Waals surface area contributed by atoms with E-state index in [9.17, 15) is 4.79 Å². The van der Waals surface area contributed by atoms with Gasteiger partial charge in [-0.05, 0) is 24.6 Å². The number of aryl methyl sites for hydroxylation is 1. The number of carbonyl (C=O) groups is 1. The molecule has 0 radical (unpaired) electrons. The van der Waals surface area contributed by atoms with Gasteiger partial charge in [-0.15, -0.1) is 0 Å². The fraction of sp³-hybridized carbons (Fsp3) is 0.188. The Bertz CT molecular complexity index is 639. The zero-order valence-corrected chi connectivity index (χ0v) is 11.5. The van der Waals surface area contributed by atoms with Crippen LogP contribution in [0.4, 0.5) is 0 Å². The first-order chi connectivity index (χ1) is 9.60. The van der Waals surface area contributed by atoms with Crippen molar-refractivity contribution in [1.82, 2.24) is 9.88 Å². The van der Waals surface area contributed by atoms with Crippen LogP contribution in [0.5, 0.6) is 0 Å². The van der Waals surface area contributed by atoms with Crippen molar-refractivity contribution in [3.63, 3.8) is 0 Å². The molecule has 4 heteroatoms. The number of rotatable bonds is 3. The molecule has 1 aromatic heterocycles. The SMILES string of the molecule is Cc1ccc(CN(C)C(=O)c2ccc(C#N)nc2)cc1. The van der Waals surface area contributed by atoms with Crippen molar-refractivity contribution in [3.05, 3.63) is 65.0 Å². The van der Waals surface area contributed by atoms with Crippen LogP contribution in [0.2, 0.25) is 0 Å². The highest BCUT2D eigenvalue weighted by Gasteiger charge is 2.12. The molecule has 0 saturated carbocycles. The summed E-state index contributed by atoms with van der Waals surface area (Å²) in [7, 11) is 1.75. The fourth-order valence-corrected chi connectivity index (χ4v) is 1.85. The number of hydrogen-bond donors (Lipinski definition) is 0. The van der Waals surface area contributed by atoms with E-state index in [1.165, 1.54) is 11.8 Å². The van der Waals surface area contributed by atoms with E-state index in [1.54, 1.807) is 24.1 Å². The van der Waals surface area contributed by atoms with Gasteiger partial charge >= 0.3 is 0 Å². The van der Waals surface area contributed by atoms with E-state index in [0.29, 0.717) is 17.8 Å². The lowest BCUT2D eigenvalue weighted by Crippen LogP contribution is -2.26. The van der Waals surface area contributed by atoms with E-state index < -0.39 is 0 Å². The van der Waals surface area contributed by atoms with Crippen molar-refractivity contribution in [2.24, 2.45) is 0 Å². The van der Waals surface area contributed by atoms with E-state index in [4.69, 9.17) is 5.26 Å². The Labute approximate surface area is 118 Å². The molecule has 1 amide bonds. The van der Waals surface area contributed by atoms with Crippen LogP contribution < -0.4 is 0 Å². The predicted molar refractivity (Wildman–Crippen MR) is 75.9 cm³/mol. The third-order valence-corrected chi connectivity index (χ3v) is 3.01. The second-order valence-corrected chi connectivity index (χ2v) is 4.69. The molecular weight excluding hydrogens is 250 g/mol. The number of hydrogen-bond acceptors (Lipinski definition) is 3. The average molecular weight is 265 g/mol. The number of nitriles is 1. The molecule has 0 aliphatic heterocycles. The molecule has 0 fully saturated rings. The first kappa shape index (κ1) is 13.8. The highest BCUT2D eigenvalue weighted by molar-refractivity contribution is 5.93. The summed E-state index contributed by atoms with van der Waals surface area (Å²) in [5.41, 5.74) is 3.06. The third kappa shape index (κ3) is 3.21. The van der Waals surface area contributed by atoms with Crippen LogP contribution in [0.3, 0.4) is 0 Å². The molecule has 2 rings (SSSR count). The molecule has 4 nitrogen and oxygen atoms in total. The van der Waals surface area contributed by atoms with E-state index in [2.05, 4.69) is 4.98 Å². The molecule has 0 unspecified atom stereocenters. The lowest BCUT2D eigenvalue weighted by atomic mass is 10.1. The van der Waals surface area contributed by atoms with Crippen molar-refractivity contribution in [3.8, 4) is 6.07 Å². The zero-order chi connectivity index (χ0) is 14.5. The summed E-state index contributed by atoms with van der Waals surface area (Å²) in [5, 5.41) is 8.69. The zero-order valence-electron chi connectivity index (χ0n) is 11.5.